The molecule has 0 saturated heterocycles. The average molecular weight is 232 g/mol. The van der Waals surface area contributed by atoms with Crippen LogP contribution in [0.2, 0.25) is 0 Å². The molecule has 0 amide bonds. The molecule has 7 heteroatoms. The van der Waals surface area contributed by atoms with Gasteiger partial charge in [-0.2, -0.15) is 8.42 Å². The second kappa shape index (κ2) is 7.14. The normalized spacial score (nSPS) is 9.50. The predicted octanol–water partition coefficient (Wildman–Crippen LogP) is -0.0158. The summed E-state index contributed by atoms with van der Waals surface area (Å²) in [5.74, 6) is 0. The third-order valence-electron chi connectivity index (χ3n) is 1.32. The van der Waals surface area contributed by atoms with E-state index in [1.165, 1.54) is 24.3 Å². The van der Waals surface area contributed by atoms with E-state index in [-0.39, 0.29) is 69.6 Å². The summed E-state index contributed by atoms with van der Waals surface area (Å²) in [6.07, 6.45) is 0.378. The minimum absolute atomic E-state index is 0. The minimum atomic E-state index is -4.28. The van der Waals surface area contributed by atoms with E-state index in [0.29, 0.717) is 6.29 Å². The van der Waals surface area contributed by atoms with Gasteiger partial charge < -0.3 is 0 Å². The average Bonchev–Trinajstić information content (AvgIpc) is 2.03. The van der Waals surface area contributed by atoms with Gasteiger partial charge in [0.1, 0.15) is 4.90 Å². The zero-order chi connectivity index (χ0) is 9.19. The summed E-state index contributed by atoms with van der Waals surface area (Å²) in [5, 5.41) is 0. The number of aldehydes is 1. The van der Waals surface area contributed by atoms with Crippen LogP contribution in [0, 0.1) is 0 Å². The van der Waals surface area contributed by atoms with Crippen LogP contribution >= 0.6 is 0 Å². The summed E-state index contributed by atoms with van der Waals surface area (Å²) in [7, 11) is -4.28. The van der Waals surface area contributed by atoms with Crippen molar-refractivity contribution in [2.45, 2.75) is 4.90 Å². The van der Waals surface area contributed by atoms with Gasteiger partial charge in [-0.3, -0.25) is 9.35 Å². The standard InChI is InChI=1S/C7H6O4S.2Na/c8-5-6-3-1-2-4-7(6)12(9,10)11;;/h1-5H,(H,9,10,11);;. The first-order chi connectivity index (χ1) is 5.55. The maximum absolute atomic E-state index is 10.6. The van der Waals surface area contributed by atoms with Crippen molar-refractivity contribution >= 4 is 75.5 Å². The summed E-state index contributed by atoms with van der Waals surface area (Å²) in [4.78, 5) is 9.94. The van der Waals surface area contributed by atoms with E-state index >= 15 is 0 Å². The maximum atomic E-state index is 10.6. The fraction of sp³-hybridized carbons (Fsp3) is 0. The minimum Gasteiger partial charge on any atom is -0.298 e. The van der Waals surface area contributed by atoms with Crippen LogP contribution in [0.3, 0.4) is 0 Å². The molecule has 1 rings (SSSR count). The Morgan fingerprint density at radius 2 is 1.64 bits per heavy atom. The van der Waals surface area contributed by atoms with Gasteiger partial charge in [-0.25, -0.2) is 0 Å². The molecule has 0 saturated carbocycles. The van der Waals surface area contributed by atoms with Crippen molar-refractivity contribution in [3.8, 4) is 0 Å². The van der Waals surface area contributed by atoms with E-state index in [1.807, 2.05) is 0 Å². The van der Waals surface area contributed by atoms with Crippen LogP contribution in [0.5, 0.6) is 0 Å². The number of rotatable bonds is 2. The first-order valence-electron chi connectivity index (χ1n) is 3.07. The van der Waals surface area contributed by atoms with E-state index in [4.69, 9.17) is 4.55 Å². The second-order valence-corrected chi connectivity index (χ2v) is 3.52. The molecule has 4 nitrogen and oxygen atoms in total. The molecule has 0 bridgehead atoms. The van der Waals surface area contributed by atoms with Crippen molar-refractivity contribution < 1.29 is 17.8 Å². The molecular weight excluding hydrogens is 226 g/mol. The van der Waals surface area contributed by atoms with E-state index < -0.39 is 10.1 Å². The van der Waals surface area contributed by atoms with Crippen molar-refractivity contribution in [2.24, 2.45) is 0 Å². The Balaban J connectivity index is 0. The Morgan fingerprint density at radius 3 is 2.00 bits per heavy atom. The molecule has 66 valence electrons. The first kappa shape index (κ1) is 17.2. The van der Waals surface area contributed by atoms with Crippen molar-refractivity contribution in [1.82, 2.24) is 0 Å². The molecule has 2 radical (unpaired) electrons. The van der Waals surface area contributed by atoms with Crippen LogP contribution in [0.15, 0.2) is 29.2 Å². The number of carbonyl (C=O) groups excluding carboxylic acids is 1. The Kier molecular flexibility index (Phi) is 8.77. The fourth-order valence-electron chi connectivity index (χ4n) is 0.813. The predicted molar refractivity (Wildman–Crippen MR) is 53.2 cm³/mol. The summed E-state index contributed by atoms with van der Waals surface area (Å²) < 4.78 is 29.8. The number of hydrogen-bond donors (Lipinski definition) is 1. The molecule has 0 aliphatic rings. The van der Waals surface area contributed by atoms with Gasteiger partial charge in [0, 0.05) is 64.7 Å². The fourth-order valence-corrected chi connectivity index (χ4v) is 1.48. The maximum Gasteiger partial charge on any atom is 0.295 e. The SMILES string of the molecule is O=Cc1ccccc1S(=O)(=O)O.[Na].[Na]. The zero-order valence-corrected chi connectivity index (χ0v) is 12.8. The Labute approximate surface area is 126 Å². The van der Waals surface area contributed by atoms with Gasteiger partial charge in [0.05, 0.1) is 0 Å². The van der Waals surface area contributed by atoms with E-state index in [0.717, 1.165) is 0 Å². The zero-order valence-electron chi connectivity index (χ0n) is 7.97. The number of carbonyl (C=O) groups is 1. The molecule has 14 heavy (non-hydrogen) atoms. The quantitative estimate of drug-likeness (QED) is 0.442. The molecule has 0 aliphatic heterocycles. The number of benzene rings is 1. The molecule has 0 aromatic heterocycles. The molecule has 0 fully saturated rings. The molecule has 0 spiro atoms. The van der Waals surface area contributed by atoms with Crippen LogP contribution in [0.1, 0.15) is 10.4 Å². The Morgan fingerprint density at radius 1 is 1.14 bits per heavy atom. The summed E-state index contributed by atoms with van der Waals surface area (Å²) >= 11 is 0. The largest absolute Gasteiger partial charge is 0.298 e. The van der Waals surface area contributed by atoms with E-state index in [9.17, 15) is 13.2 Å². The second-order valence-electron chi connectivity index (χ2n) is 2.13. The molecule has 1 aromatic rings. The Hall–Kier alpha value is 0.800. The van der Waals surface area contributed by atoms with Gasteiger partial charge in [0.2, 0.25) is 0 Å². The van der Waals surface area contributed by atoms with Crippen LogP contribution < -0.4 is 0 Å². The monoisotopic (exact) mass is 232 g/mol. The summed E-state index contributed by atoms with van der Waals surface area (Å²) in [6, 6.07) is 5.42. The van der Waals surface area contributed by atoms with Crippen molar-refractivity contribution in [1.29, 1.82) is 0 Å². The number of hydrogen-bond acceptors (Lipinski definition) is 3. The van der Waals surface area contributed by atoms with E-state index in [2.05, 4.69) is 0 Å². The van der Waals surface area contributed by atoms with Crippen LogP contribution in [0.4, 0.5) is 0 Å². The van der Waals surface area contributed by atoms with Crippen LogP contribution in [-0.4, -0.2) is 78.4 Å². The third kappa shape index (κ3) is 4.55. The topological polar surface area (TPSA) is 71.4 Å². The van der Waals surface area contributed by atoms with Gasteiger partial charge in [-0.05, 0) is 6.07 Å². The van der Waals surface area contributed by atoms with Crippen molar-refractivity contribution in [2.75, 3.05) is 0 Å². The molecule has 0 aliphatic carbocycles. The van der Waals surface area contributed by atoms with E-state index in [1.54, 1.807) is 0 Å². The Bertz CT molecular complexity index is 402. The van der Waals surface area contributed by atoms with Gasteiger partial charge in [0.25, 0.3) is 10.1 Å². The first-order valence-corrected chi connectivity index (χ1v) is 4.51. The van der Waals surface area contributed by atoms with Gasteiger partial charge in [-0.1, -0.05) is 18.2 Å². The van der Waals surface area contributed by atoms with Crippen LogP contribution in [0.25, 0.3) is 0 Å². The smallest absolute Gasteiger partial charge is 0.295 e. The van der Waals surface area contributed by atoms with Gasteiger partial charge in [-0.15, -0.1) is 0 Å². The molecule has 0 atom stereocenters. The molecule has 0 heterocycles. The molecule has 1 N–H and O–H groups in total. The summed E-state index contributed by atoms with van der Waals surface area (Å²) in [6.45, 7) is 0. The van der Waals surface area contributed by atoms with Crippen molar-refractivity contribution in [3.63, 3.8) is 0 Å². The molecule has 1 aromatic carbocycles. The molecule has 0 unspecified atom stereocenters. The third-order valence-corrected chi connectivity index (χ3v) is 2.25. The van der Waals surface area contributed by atoms with Crippen LogP contribution in [-0.2, 0) is 10.1 Å². The van der Waals surface area contributed by atoms with Gasteiger partial charge in [0.15, 0.2) is 6.29 Å². The summed E-state index contributed by atoms with van der Waals surface area (Å²) in [5.41, 5.74) is -0.0417. The van der Waals surface area contributed by atoms with Gasteiger partial charge >= 0.3 is 0 Å². The molecular formula is C7H6Na2O4S. The van der Waals surface area contributed by atoms with Crippen molar-refractivity contribution in [3.05, 3.63) is 29.8 Å².